The molecule has 13 nitrogen and oxygen atoms in total. The van der Waals surface area contributed by atoms with Crippen molar-refractivity contribution < 1.29 is 38.0 Å². The van der Waals surface area contributed by atoms with Crippen molar-refractivity contribution in [1.82, 2.24) is 29.7 Å². The molecule has 6 aromatic rings. The highest BCUT2D eigenvalue weighted by atomic mass is 35.5. The molecule has 318 valence electrons. The van der Waals surface area contributed by atoms with Crippen LogP contribution >= 0.6 is 34.5 Å². The number of carbonyl (C=O) groups is 1. The third-order valence-electron chi connectivity index (χ3n) is 10.8. The fourth-order valence-corrected chi connectivity index (χ4v) is 9.25. The Morgan fingerprint density at radius 3 is 2.44 bits per heavy atom. The second kappa shape index (κ2) is 18.4. The molecule has 0 radical (unpaired) electrons. The van der Waals surface area contributed by atoms with Gasteiger partial charge in [-0.05, 0) is 79.5 Å². The first-order chi connectivity index (χ1) is 29.5. The van der Waals surface area contributed by atoms with Gasteiger partial charge in [0.2, 0.25) is 12.0 Å². The number of nitrogens with zero attached hydrogens (tertiary/aromatic N) is 6. The van der Waals surface area contributed by atoms with E-state index in [4.69, 9.17) is 46.9 Å². The third kappa shape index (κ3) is 9.22. The topological polar surface area (TPSA) is 141 Å². The Morgan fingerprint density at radius 2 is 1.72 bits per heavy atom. The zero-order valence-corrected chi connectivity index (χ0v) is 36.2. The number of thiophene rings is 1. The van der Waals surface area contributed by atoms with Gasteiger partial charge in [0, 0.05) is 68.5 Å². The average molecular weight is 890 g/mol. The SMILES string of the molecule is COCc1nccc(COc2ccc3cc2C[C@H](C(=O)O)Oc2ncnc4sc(-c5ccc(F)cc5)c(c24)-c2c(C)c(Cl)c(c(Cl)c2C)O[C@H](CN2CCN(C)CC2)CO3)n1. The molecule has 1 N–H and O–H groups in total. The lowest BCUT2D eigenvalue weighted by molar-refractivity contribution is -0.145. The van der Waals surface area contributed by atoms with Crippen molar-refractivity contribution in [2.45, 2.75) is 45.7 Å². The van der Waals surface area contributed by atoms with Crippen LogP contribution in [0.2, 0.25) is 10.0 Å². The summed E-state index contributed by atoms with van der Waals surface area (Å²) in [5, 5.41) is 11.8. The van der Waals surface area contributed by atoms with Crippen molar-refractivity contribution in [3.05, 3.63) is 105 Å². The summed E-state index contributed by atoms with van der Waals surface area (Å²) in [6.07, 6.45) is 0.841. The summed E-state index contributed by atoms with van der Waals surface area (Å²) in [6.45, 7) is 8.17. The van der Waals surface area contributed by atoms with E-state index in [-0.39, 0.29) is 32.1 Å². The first-order valence-electron chi connectivity index (χ1n) is 19.6. The maximum absolute atomic E-state index is 14.3. The van der Waals surface area contributed by atoms with Crippen LogP contribution in [0.15, 0.2) is 61.1 Å². The smallest absolute Gasteiger partial charge is 0.345 e. The van der Waals surface area contributed by atoms with E-state index in [0.29, 0.717) is 93.8 Å². The van der Waals surface area contributed by atoms with Crippen molar-refractivity contribution in [2.75, 3.05) is 53.5 Å². The van der Waals surface area contributed by atoms with Crippen LogP contribution in [-0.4, -0.2) is 107 Å². The van der Waals surface area contributed by atoms with Gasteiger partial charge < -0.3 is 33.7 Å². The minimum atomic E-state index is -1.45. The fraction of sp³-hybridized carbons (Fsp3) is 0.341. The molecule has 9 rings (SSSR count). The minimum Gasteiger partial charge on any atom is -0.490 e. The number of ether oxygens (including phenoxy) is 5. The molecule has 3 aromatic heterocycles. The lowest BCUT2D eigenvalue weighted by Crippen LogP contribution is -2.49. The van der Waals surface area contributed by atoms with Gasteiger partial charge in [-0.1, -0.05) is 35.3 Å². The molecule has 4 bridgehead atoms. The number of methoxy groups -OCH3 is 1. The Hall–Kier alpha value is -5.16. The molecule has 1 fully saturated rings. The van der Waals surface area contributed by atoms with Crippen LogP contribution < -0.4 is 18.9 Å². The molecule has 0 aliphatic carbocycles. The first-order valence-corrected chi connectivity index (χ1v) is 21.2. The van der Waals surface area contributed by atoms with Crippen molar-refractivity contribution in [1.29, 1.82) is 0 Å². The number of hydrogen-bond donors (Lipinski definition) is 1. The third-order valence-corrected chi connectivity index (χ3v) is 12.8. The standard InChI is InChI=1S/C44H43Cl2FN6O7S/c1-24-35-25(2)39(46)40(38(24)45)59-31(19-53-15-13-52(3)14-16-53)21-57-30-9-10-32(58-20-29-11-12-48-34(51-29)22-56-4)27(17-30)18-33(44(54)55)60-42-37-36(35)41(61-43(37)50-23-49-42)26-5-7-28(47)8-6-26/h5-12,17,23,31,33H,13-16,18-22H2,1-4H3,(H,54,55)/t31-,33-/m1/s1. The Morgan fingerprint density at radius 1 is 0.967 bits per heavy atom. The molecule has 6 heterocycles. The van der Waals surface area contributed by atoms with E-state index < -0.39 is 24.0 Å². The van der Waals surface area contributed by atoms with Gasteiger partial charge in [-0.3, -0.25) is 4.90 Å². The van der Waals surface area contributed by atoms with Crippen LogP contribution in [0.3, 0.4) is 0 Å². The minimum absolute atomic E-state index is 0.0291. The van der Waals surface area contributed by atoms with Crippen molar-refractivity contribution >= 4 is 50.7 Å². The number of aliphatic carboxylic acids is 1. The predicted molar refractivity (Wildman–Crippen MR) is 231 cm³/mol. The van der Waals surface area contributed by atoms with Gasteiger partial charge in [-0.25, -0.2) is 29.1 Å². The monoisotopic (exact) mass is 888 g/mol. The van der Waals surface area contributed by atoms with E-state index in [2.05, 4.69) is 36.8 Å². The summed E-state index contributed by atoms with van der Waals surface area (Å²) < 4.78 is 45.5. The number of halogens is 3. The lowest BCUT2D eigenvalue weighted by Gasteiger charge is -2.35. The molecule has 61 heavy (non-hydrogen) atoms. The Balaban J connectivity index is 1.29. The lowest BCUT2D eigenvalue weighted by atomic mass is 9.92. The van der Waals surface area contributed by atoms with Gasteiger partial charge in [-0.15, -0.1) is 11.3 Å². The summed E-state index contributed by atoms with van der Waals surface area (Å²) in [5.41, 5.74) is 4.39. The van der Waals surface area contributed by atoms with Crippen LogP contribution in [0.4, 0.5) is 4.39 Å². The van der Waals surface area contributed by atoms with E-state index >= 15 is 0 Å². The summed E-state index contributed by atoms with van der Waals surface area (Å²) in [4.78, 5) is 36.9. The molecular formula is C44H43Cl2FN6O7S. The summed E-state index contributed by atoms with van der Waals surface area (Å²) in [7, 11) is 3.67. The second-order valence-electron chi connectivity index (χ2n) is 15.0. The fourth-order valence-electron chi connectivity index (χ4n) is 7.59. The number of benzene rings is 3. The maximum atomic E-state index is 14.3. The summed E-state index contributed by atoms with van der Waals surface area (Å²) in [6, 6.07) is 13.1. The van der Waals surface area contributed by atoms with Gasteiger partial charge >= 0.3 is 5.97 Å². The van der Waals surface area contributed by atoms with Crippen LogP contribution in [0.5, 0.6) is 23.1 Å². The highest BCUT2D eigenvalue weighted by Gasteiger charge is 2.32. The number of aromatic nitrogens is 4. The largest absolute Gasteiger partial charge is 0.490 e. The molecule has 0 spiro atoms. The Kier molecular flexibility index (Phi) is 12.9. The molecule has 2 atom stereocenters. The molecule has 3 aromatic carbocycles. The zero-order chi connectivity index (χ0) is 42.8. The number of piperazine rings is 1. The van der Waals surface area contributed by atoms with Crippen molar-refractivity contribution in [3.8, 4) is 44.7 Å². The molecule has 17 heteroatoms. The van der Waals surface area contributed by atoms with E-state index in [1.807, 2.05) is 13.8 Å². The average Bonchev–Trinajstić information content (AvgIpc) is 3.64. The molecule has 3 aliphatic rings. The first kappa shape index (κ1) is 42.5. The van der Waals surface area contributed by atoms with Gasteiger partial charge in [0.15, 0.2) is 11.6 Å². The number of likely N-dealkylation sites (N-methyl/N-ethyl adjacent to an activating group) is 1. The maximum Gasteiger partial charge on any atom is 0.345 e. The quantitative estimate of drug-likeness (QED) is 0.150. The predicted octanol–water partition coefficient (Wildman–Crippen LogP) is 8.07. The van der Waals surface area contributed by atoms with Gasteiger partial charge in [-0.2, -0.15) is 0 Å². The number of rotatable bonds is 9. The highest BCUT2D eigenvalue weighted by Crippen LogP contribution is 2.53. The summed E-state index contributed by atoms with van der Waals surface area (Å²) >= 11 is 15.9. The number of fused-ring (bicyclic) bond motifs is 7. The highest BCUT2D eigenvalue weighted by molar-refractivity contribution is 7.22. The molecule has 0 amide bonds. The van der Waals surface area contributed by atoms with Crippen molar-refractivity contribution in [2.24, 2.45) is 0 Å². The molecule has 0 saturated carbocycles. The number of carboxylic acids is 1. The number of carboxylic acid groups (broad SMARTS) is 1. The normalized spacial score (nSPS) is 17.4. The molecular weight excluding hydrogens is 846 g/mol. The number of hydrogen-bond acceptors (Lipinski definition) is 13. The van der Waals surface area contributed by atoms with Crippen LogP contribution in [0.25, 0.3) is 31.8 Å². The zero-order valence-electron chi connectivity index (χ0n) is 33.9. The Bertz CT molecular complexity index is 2540. The van der Waals surface area contributed by atoms with E-state index in [9.17, 15) is 14.3 Å². The van der Waals surface area contributed by atoms with E-state index in [1.165, 1.54) is 29.8 Å². The molecule has 0 unspecified atom stereocenters. The van der Waals surface area contributed by atoms with Crippen LogP contribution in [0.1, 0.15) is 28.2 Å². The van der Waals surface area contributed by atoms with E-state index in [1.54, 1.807) is 49.7 Å². The molecule has 3 aliphatic heterocycles. The molecule has 1 saturated heterocycles. The Labute approximate surface area is 366 Å². The van der Waals surface area contributed by atoms with Crippen molar-refractivity contribution in [3.63, 3.8) is 0 Å². The van der Waals surface area contributed by atoms with Gasteiger partial charge in [0.1, 0.15) is 54.4 Å². The second-order valence-corrected chi connectivity index (χ2v) is 16.8. The van der Waals surface area contributed by atoms with Crippen LogP contribution in [0, 0.1) is 19.7 Å². The van der Waals surface area contributed by atoms with E-state index in [0.717, 1.165) is 26.2 Å². The van der Waals surface area contributed by atoms with Gasteiger partial charge in [0.05, 0.1) is 21.1 Å². The van der Waals surface area contributed by atoms with Gasteiger partial charge in [0.25, 0.3) is 0 Å². The van der Waals surface area contributed by atoms with Crippen LogP contribution in [-0.2, 0) is 29.2 Å². The summed E-state index contributed by atoms with van der Waals surface area (Å²) in [5.74, 6) is 0.0786.